The molecule has 4 nitrogen and oxygen atoms in total. The van der Waals surface area contributed by atoms with E-state index >= 15 is 0 Å². The number of ether oxygens (including phenoxy) is 4. The van der Waals surface area contributed by atoms with Crippen molar-refractivity contribution in [2.75, 3.05) is 26.4 Å². The molecular weight excluding hydrogens is 444 g/mol. The summed E-state index contributed by atoms with van der Waals surface area (Å²) in [5.41, 5.74) is -0.620. The van der Waals surface area contributed by atoms with E-state index in [9.17, 15) is 0 Å². The summed E-state index contributed by atoms with van der Waals surface area (Å²) in [6.07, 6.45) is 6.62. The van der Waals surface area contributed by atoms with Gasteiger partial charge >= 0.3 is 0 Å². The van der Waals surface area contributed by atoms with Crippen LogP contribution in [0.4, 0.5) is 0 Å². The molecule has 0 fully saturated rings. The molecule has 29 heavy (non-hydrogen) atoms. The van der Waals surface area contributed by atoms with Gasteiger partial charge < -0.3 is 18.9 Å². The van der Waals surface area contributed by atoms with Gasteiger partial charge in [-0.2, -0.15) is 0 Å². The van der Waals surface area contributed by atoms with Gasteiger partial charge in [0.1, 0.15) is 31.8 Å². The largest absolute Gasteiger partial charge is 0.486 e. The summed E-state index contributed by atoms with van der Waals surface area (Å²) in [5.74, 6) is 0. The van der Waals surface area contributed by atoms with Crippen LogP contribution in [0.25, 0.3) is 0 Å². The second kappa shape index (κ2) is 17.3. The fourth-order valence-electron chi connectivity index (χ4n) is 2.29. The quantitative estimate of drug-likeness (QED) is 0.230. The topological polar surface area (TPSA) is 36.9 Å². The van der Waals surface area contributed by atoms with Gasteiger partial charge in [-0.3, -0.25) is 0 Å². The van der Waals surface area contributed by atoms with Gasteiger partial charge in [0.15, 0.2) is 20.2 Å². The van der Waals surface area contributed by atoms with Crippen LogP contribution in [0.5, 0.6) is 0 Å². The van der Waals surface area contributed by atoms with Gasteiger partial charge in [0, 0.05) is 25.7 Å². The van der Waals surface area contributed by atoms with E-state index < -0.39 is 5.41 Å². The number of hydrogen-bond acceptors (Lipinski definition) is 8. The molecule has 0 saturated heterocycles. The number of thiocarbonyl (C=S) groups is 4. The third-order valence-corrected chi connectivity index (χ3v) is 5.26. The molecule has 0 atom stereocenters. The molecule has 0 aromatic heterocycles. The van der Waals surface area contributed by atoms with Crippen LogP contribution in [0.15, 0.2) is 0 Å². The smallest absolute Gasteiger partial charge is 0.159 e. The first-order valence-corrected chi connectivity index (χ1v) is 12.1. The molecule has 0 rings (SSSR count). The molecule has 0 aromatic carbocycles. The fourth-order valence-corrected chi connectivity index (χ4v) is 3.34. The summed E-state index contributed by atoms with van der Waals surface area (Å²) in [6.45, 7) is 9.44. The maximum atomic E-state index is 5.89. The minimum Gasteiger partial charge on any atom is -0.486 e. The molecule has 0 saturated carbocycles. The summed E-state index contributed by atoms with van der Waals surface area (Å²) < 4.78 is 23.5. The summed E-state index contributed by atoms with van der Waals surface area (Å²) in [6, 6.07) is 0. The molecule has 0 bridgehead atoms. The van der Waals surface area contributed by atoms with Crippen LogP contribution in [0.1, 0.15) is 79.1 Å². The van der Waals surface area contributed by atoms with E-state index in [1.165, 1.54) is 0 Å². The lowest BCUT2D eigenvalue weighted by Crippen LogP contribution is -2.43. The van der Waals surface area contributed by atoms with Crippen LogP contribution in [0, 0.1) is 5.41 Å². The van der Waals surface area contributed by atoms with Gasteiger partial charge in [-0.15, -0.1) is 0 Å². The lowest BCUT2D eigenvalue weighted by atomic mass is 9.92. The van der Waals surface area contributed by atoms with E-state index in [4.69, 9.17) is 67.8 Å². The lowest BCUT2D eigenvalue weighted by molar-refractivity contribution is -0.0161. The van der Waals surface area contributed by atoms with Crippen LogP contribution < -0.4 is 0 Å². The first kappa shape index (κ1) is 28.6. The summed E-state index contributed by atoms with van der Waals surface area (Å²) in [7, 11) is 0. The first-order chi connectivity index (χ1) is 13.8. The minimum absolute atomic E-state index is 0.296. The summed E-state index contributed by atoms with van der Waals surface area (Å²) >= 11 is 21.3. The Morgan fingerprint density at radius 1 is 0.483 bits per heavy atom. The Morgan fingerprint density at radius 2 is 0.690 bits per heavy atom. The van der Waals surface area contributed by atoms with Gasteiger partial charge in [0.25, 0.3) is 0 Å². The molecule has 0 amide bonds. The van der Waals surface area contributed by atoms with Crippen LogP contribution in [0.3, 0.4) is 0 Å². The molecule has 0 aliphatic heterocycles. The van der Waals surface area contributed by atoms with Crippen molar-refractivity contribution in [3.63, 3.8) is 0 Å². The van der Waals surface area contributed by atoms with Crippen molar-refractivity contribution >= 4 is 69.1 Å². The maximum Gasteiger partial charge on any atom is 0.159 e. The second-order valence-electron chi connectivity index (χ2n) is 7.14. The Labute approximate surface area is 198 Å². The highest BCUT2D eigenvalue weighted by atomic mass is 32.1. The zero-order valence-electron chi connectivity index (χ0n) is 18.3. The second-order valence-corrected chi connectivity index (χ2v) is 8.96. The predicted octanol–water partition coefficient (Wildman–Crippen LogP) is 6.55. The molecule has 0 aliphatic rings. The van der Waals surface area contributed by atoms with E-state index in [-0.39, 0.29) is 0 Å². The first-order valence-electron chi connectivity index (χ1n) is 10.4. The van der Waals surface area contributed by atoms with Crippen LogP contribution >= 0.6 is 48.9 Å². The summed E-state index contributed by atoms with van der Waals surface area (Å²) in [5, 5.41) is 2.28. The molecule has 0 aliphatic carbocycles. The monoisotopic (exact) mass is 480 g/mol. The van der Waals surface area contributed by atoms with Gasteiger partial charge in [0.05, 0.1) is 0 Å². The average Bonchev–Trinajstić information content (AvgIpc) is 2.68. The average molecular weight is 481 g/mol. The third-order valence-electron chi connectivity index (χ3n) is 3.97. The molecule has 0 heterocycles. The van der Waals surface area contributed by atoms with Crippen molar-refractivity contribution in [3.8, 4) is 0 Å². The lowest BCUT2D eigenvalue weighted by Gasteiger charge is -2.33. The van der Waals surface area contributed by atoms with Gasteiger partial charge in [-0.25, -0.2) is 0 Å². The maximum absolute atomic E-state index is 5.89. The SMILES string of the molecule is CCCC(=S)OCC(COC(=S)CCC)(COC(=S)CCC)COC(=S)CCC. The van der Waals surface area contributed by atoms with Gasteiger partial charge in [-0.05, 0) is 74.6 Å². The van der Waals surface area contributed by atoms with Crippen molar-refractivity contribution in [3.05, 3.63) is 0 Å². The van der Waals surface area contributed by atoms with E-state index in [2.05, 4.69) is 27.7 Å². The van der Waals surface area contributed by atoms with E-state index in [0.717, 1.165) is 51.4 Å². The Morgan fingerprint density at radius 3 is 0.862 bits per heavy atom. The van der Waals surface area contributed by atoms with Crippen LogP contribution in [0.2, 0.25) is 0 Å². The standard InChI is InChI=1S/C21H36O4S4/c1-5-9-17(26)22-13-21(14-23-18(27)10-6-2,15-24-19(28)11-7-3)16-25-20(29)12-8-4/h5-16H2,1-4H3. The third kappa shape index (κ3) is 14.2. The molecule has 168 valence electrons. The van der Waals surface area contributed by atoms with Gasteiger partial charge in [-0.1, -0.05) is 27.7 Å². The van der Waals surface area contributed by atoms with Crippen LogP contribution in [-0.4, -0.2) is 46.6 Å². The Balaban J connectivity index is 5.35. The predicted molar refractivity (Wildman–Crippen MR) is 136 cm³/mol. The molecule has 0 radical (unpaired) electrons. The number of hydrogen-bond donors (Lipinski definition) is 0. The van der Waals surface area contributed by atoms with E-state index in [0.29, 0.717) is 46.6 Å². The van der Waals surface area contributed by atoms with Crippen molar-refractivity contribution < 1.29 is 18.9 Å². The zero-order chi connectivity index (χ0) is 22.1. The zero-order valence-corrected chi connectivity index (χ0v) is 21.5. The van der Waals surface area contributed by atoms with Crippen molar-refractivity contribution in [1.82, 2.24) is 0 Å². The highest BCUT2D eigenvalue weighted by molar-refractivity contribution is 7.80. The molecule has 8 heteroatoms. The number of rotatable bonds is 16. The van der Waals surface area contributed by atoms with Crippen molar-refractivity contribution in [2.24, 2.45) is 5.41 Å². The highest BCUT2D eigenvalue weighted by Gasteiger charge is 2.36. The highest BCUT2D eigenvalue weighted by Crippen LogP contribution is 2.23. The van der Waals surface area contributed by atoms with Crippen LogP contribution in [-0.2, 0) is 18.9 Å². The van der Waals surface area contributed by atoms with Gasteiger partial charge in [0.2, 0.25) is 0 Å². The molecular formula is C21H36O4S4. The Kier molecular flexibility index (Phi) is 17.0. The minimum atomic E-state index is -0.620. The molecule has 0 spiro atoms. The molecule has 0 N–H and O–H groups in total. The Bertz CT molecular complexity index is 429. The van der Waals surface area contributed by atoms with E-state index in [1.807, 2.05) is 0 Å². The summed E-state index contributed by atoms with van der Waals surface area (Å²) in [4.78, 5) is 0. The molecule has 0 aromatic rings. The molecule has 0 unspecified atom stereocenters. The normalized spacial score (nSPS) is 10.9. The van der Waals surface area contributed by atoms with Crippen molar-refractivity contribution in [1.29, 1.82) is 0 Å². The van der Waals surface area contributed by atoms with E-state index in [1.54, 1.807) is 0 Å². The van der Waals surface area contributed by atoms with Crippen molar-refractivity contribution in [2.45, 2.75) is 79.1 Å². The fraction of sp³-hybridized carbons (Fsp3) is 0.810. The Hall–Kier alpha value is -0.440.